The third kappa shape index (κ3) is 6.58. The number of benzene rings is 3. The average Bonchev–Trinajstić information content (AvgIpc) is 3.49. The maximum Gasteiger partial charge on any atom is 0.338 e. The third-order valence-electron chi connectivity index (χ3n) is 6.03. The molecule has 42 heavy (non-hydrogen) atoms. The van der Waals surface area contributed by atoms with Gasteiger partial charge in [0.25, 0.3) is 11.6 Å². The lowest BCUT2D eigenvalue weighted by Gasteiger charge is -2.18. The molecule has 1 atom stereocenters. The Hall–Kier alpha value is -5.59. The number of nitrogens with zero attached hydrogens (tertiary/aromatic N) is 3. The Kier molecular flexibility index (Phi) is 8.18. The SMILES string of the molecule is O=C(Nc1nc[n+](CC(COC(=O)c2ccc(F)cc2)OC(=O)c2ccc(F)cc2)c2nc[nH]c12)c1ccc(F)cc1. The molecule has 0 fully saturated rings. The number of esters is 2. The number of hydrogen-bond donors (Lipinski definition) is 2. The number of ether oxygens (including phenoxy) is 2. The summed E-state index contributed by atoms with van der Waals surface area (Å²) in [5.41, 5.74) is 1.01. The Balaban J connectivity index is 1.36. The number of H-pyrrole nitrogens is 1. The summed E-state index contributed by atoms with van der Waals surface area (Å²) in [5.74, 6) is -3.52. The van der Waals surface area contributed by atoms with Crippen molar-refractivity contribution in [2.24, 2.45) is 0 Å². The van der Waals surface area contributed by atoms with Crippen molar-refractivity contribution in [2.45, 2.75) is 12.6 Å². The lowest BCUT2D eigenvalue weighted by Crippen LogP contribution is -2.45. The van der Waals surface area contributed by atoms with Gasteiger partial charge in [0.2, 0.25) is 12.1 Å². The summed E-state index contributed by atoms with van der Waals surface area (Å²) in [7, 11) is 0. The van der Waals surface area contributed by atoms with Gasteiger partial charge in [-0.2, -0.15) is 0 Å². The van der Waals surface area contributed by atoms with Crippen molar-refractivity contribution in [3.05, 3.63) is 120 Å². The van der Waals surface area contributed by atoms with E-state index in [0.29, 0.717) is 11.2 Å². The Bertz CT molecular complexity index is 1740. The molecule has 0 aliphatic carbocycles. The highest BCUT2D eigenvalue weighted by atomic mass is 19.1. The molecule has 0 spiro atoms. The molecular formula is C29H21F3N5O5+. The molecule has 2 heterocycles. The predicted molar refractivity (Wildman–Crippen MR) is 141 cm³/mol. The maximum atomic E-state index is 13.3. The van der Waals surface area contributed by atoms with Crippen LogP contribution in [0.25, 0.3) is 11.2 Å². The molecule has 1 amide bonds. The number of amides is 1. The van der Waals surface area contributed by atoms with Crippen LogP contribution in [0.15, 0.2) is 85.5 Å². The van der Waals surface area contributed by atoms with Crippen LogP contribution in [0.5, 0.6) is 0 Å². The first-order chi connectivity index (χ1) is 20.3. The van der Waals surface area contributed by atoms with Crippen molar-refractivity contribution < 1.29 is 41.6 Å². The molecule has 1 unspecified atom stereocenters. The number of carbonyl (C=O) groups excluding carboxylic acids is 3. The number of aromatic amines is 1. The highest BCUT2D eigenvalue weighted by Crippen LogP contribution is 2.16. The highest BCUT2D eigenvalue weighted by Gasteiger charge is 2.25. The first kappa shape index (κ1) is 28.0. The summed E-state index contributed by atoms with van der Waals surface area (Å²) in [6, 6.07) is 14.4. The molecule has 3 aromatic carbocycles. The van der Waals surface area contributed by atoms with Crippen molar-refractivity contribution >= 4 is 34.8 Å². The third-order valence-corrected chi connectivity index (χ3v) is 6.03. The van der Waals surface area contributed by atoms with E-state index in [-0.39, 0.29) is 29.1 Å². The quantitative estimate of drug-likeness (QED) is 0.201. The van der Waals surface area contributed by atoms with Gasteiger partial charge in [0.15, 0.2) is 17.9 Å². The zero-order valence-corrected chi connectivity index (χ0v) is 21.6. The molecule has 10 nitrogen and oxygen atoms in total. The molecule has 5 aromatic rings. The zero-order chi connectivity index (χ0) is 29.6. The predicted octanol–water partition coefficient (Wildman–Crippen LogP) is 4.00. The maximum absolute atomic E-state index is 13.3. The van der Waals surface area contributed by atoms with Gasteiger partial charge in [-0.25, -0.2) is 27.3 Å². The van der Waals surface area contributed by atoms with E-state index in [1.54, 1.807) is 0 Å². The first-order valence-electron chi connectivity index (χ1n) is 12.4. The summed E-state index contributed by atoms with van der Waals surface area (Å²) < 4.78 is 52.3. The van der Waals surface area contributed by atoms with Crippen molar-refractivity contribution in [1.82, 2.24) is 15.0 Å². The van der Waals surface area contributed by atoms with Gasteiger partial charge in [0.05, 0.1) is 11.1 Å². The van der Waals surface area contributed by atoms with Crippen molar-refractivity contribution in [2.75, 3.05) is 11.9 Å². The number of rotatable bonds is 9. The minimum atomic E-state index is -1.07. The van der Waals surface area contributed by atoms with E-state index in [9.17, 15) is 27.6 Å². The smallest absolute Gasteiger partial charge is 0.338 e. The normalized spacial score (nSPS) is 11.6. The summed E-state index contributed by atoms with van der Waals surface area (Å²) >= 11 is 0. The second-order valence-electron chi connectivity index (χ2n) is 8.95. The molecule has 0 saturated heterocycles. The number of halogens is 3. The number of fused-ring (bicyclic) bond motifs is 1. The summed E-state index contributed by atoms with van der Waals surface area (Å²) in [6.07, 6.45) is 1.63. The minimum absolute atomic E-state index is 0.0677. The molecule has 2 N–H and O–H groups in total. The zero-order valence-electron chi connectivity index (χ0n) is 21.6. The first-order valence-corrected chi connectivity index (χ1v) is 12.4. The number of hydrogen-bond acceptors (Lipinski definition) is 7. The molecule has 0 bridgehead atoms. The van der Waals surface area contributed by atoms with Crippen LogP contribution >= 0.6 is 0 Å². The van der Waals surface area contributed by atoms with Gasteiger partial charge in [-0.3, -0.25) is 10.1 Å². The number of carbonyl (C=O) groups is 3. The van der Waals surface area contributed by atoms with E-state index in [0.717, 1.165) is 36.4 Å². The largest absolute Gasteiger partial charge is 0.458 e. The molecule has 0 aliphatic rings. The van der Waals surface area contributed by atoms with E-state index < -0.39 is 48.0 Å². The van der Waals surface area contributed by atoms with E-state index in [1.807, 2.05) is 0 Å². The molecule has 5 rings (SSSR count). The second-order valence-corrected chi connectivity index (χ2v) is 8.95. The monoisotopic (exact) mass is 576 g/mol. The molecule has 2 aromatic heterocycles. The van der Waals surface area contributed by atoms with Crippen LogP contribution in [0.2, 0.25) is 0 Å². The van der Waals surface area contributed by atoms with E-state index in [1.165, 1.54) is 53.6 Å². The fourth-order valence-corrected chi connectivity index (χ4v) is 3.92. The van der Waals surface area contributed by atoms with Crippen LogP contribution in [0.4, 0.5) is 19.0 Å². The van der Waals surface area contributed by atoms with Gasteiger partial charge in [-0.15, -0.1) is 0 Å². The van der Waals surface area contributed by atoms with Crippen LogP contribution in [0.3, 0.4) is 0 Å². The van der Waals surface area contributed by atoms with E-state index in [2.05, 4.69) is 20.3 Å². The highest BCUT2D eigenvalue weighted by molar-refractivity contribution is 6.06. The summed E-state index contributed by atoms with van der Waals surface area (Å²) in [5, 5.41) is 2.64. The molecule has 0 saturated carbocycles. The van der Waals surface area contributed by atoms with E-state index >= 15 is 0 Å². The van der Waals surface area contributed by atoms with Gasteiger partial charge in [-0.1, -0.05) is 9.97 Å². The molecule has 13 heteroatoms. The Morgan fingerprint density at radius 1 is 0.786 bits per heavy atom. The van der Waals surface area contributed by atoms with Crippen molar-refractivity contribution in [3.63, 3.8) is 0 Å². The number of imidazole rings is 1. The molecule has 0 aliphatic heterocycles. The second kappa shape index (κ2) is 12.3. The summed E-state index contributed by atoms with van der Waals surface area (Å²) in [6.45, 7) is -0.491. The van der Waals surface area contributed by atoms with Crippen LogP contribution in [-0.2, 0) is 16.0 Å². The summed E-state index contributed by atoms with van der Waals surface area (Å²) in [4.78, 5) is 49.4. The number of anilines is 1. The van der Waals surface area contributed by atoms with Gasteiger partial charge in [0, 0.05) is 5.56 Å². The van der Waals surface area contributed by atoms with Crippen molar-refractivity contribution in [1.29, 1.82) is 0 Å². The van der Waals surface area contributed by atoms with Crippen LogP contribution in [0, 0.1) is 17.5 Å². The fraction of sp³-hybridized carbons (Fsp3) is 0.103. The Labute approximate surface area is 235 Å². The van der Waals surface area contributed by atoms with E-state index in [4.69, 9.17) is 9.47 Å². The molecule has 212 valence electrons. The van der Waals surface area contributed by atoms with Gasteiger partial charge in [0.1, 0.15) is 30.6 Å². The van der Waals surface area contributed by atoms with Crippen LogP contribution in [-0.4, -0.2) is 45.5 Å². The minimum Gasteiger partial charge on any atom is -0.458 e. The number of aromatic nitrogens is 4. The lowest BCUT2D eigenvalue weighted by atomic mass is 10.2. The van der Waals surface area contributed by atoms with Crippen molar-refractivity contribution in [3.8, 4) is 0 Å². The van der Waals surface area contributed by atoms with Gasteiger partial charge in [-0.05, 0) is 72.8 Å². The average molecular weight is 577 g/mol. The topological polar surface area (TPSA) is 127 Å². The molecule has 0 radical (unpaired) electrons. The van der Waals surface area contributed by atoms with Gasteiger partial charge >= 0.3 is 11.9 Å². The standard InChI is InChI=1S/C29H20F3N5O5/c30-20-7-1-17(2-8-20)27(38)36-25-24-26(34-15-33-24)37(16-35-25)13-23(42-29(40)19-5-11-22(32)12-6-19)14-41-28(39)18-3-9-21(31)10-4-18/h1-12,15-16,23H,13-14H2,(H,33,34,36,38)/p+1. The lowest BCUT2D eigenvalue weighted by molar-refractivity contribution is -0.682. The fourth-order valence-electron chi connectivity index (χ4n) is 3.92. The Morgan fingerprint density at radius 3 is 1.93 bits per heavy atom. The van der Waals surface area contributed by atoms with Gasteiger partial charge < -0.3 is 14.5 Å². The number of nitrogens with one attached hydrogen (secondary N) is 2. The van der Waals surface area contributed by atoms with Crippen LogP contribution < -0.4 is 9.88 Å². The molecular weight excluding hydrogens is 555 g/mol. The van der Waals surface area contributed by atoms with Crippen LogP contribution in [0.1, 0.15) is 31.1 Å². The Morgan fingerprint density at radius 2 is 1.33 bits per heavy atom.